The molecule has 1 aromatic rings. The van der Waals surface area contributed by atoms with Gasteiger partial charge in [-0.15, -0.1) is 6.58 Å². The highest BCUT2D eigenvalue weighted by atomic mass is 28.4. The van der Waals surface area contributed by atoms with Gasteiger partial charge in [-0.1, -0.05) is 36.4 Å². The number of benzene rings is 1. The summed E-state index contributed by atoms with van der Waals surface area (Å²) < 4.78 is 11.6. The van der Waals surface area contributed by atoms with Crippen LogP contribution in [-0.4, -0.2) is 32.1 Å². The monoisotopic (exact) mass is 319 g/mol. The van der Waals surface area contributed by atoms with E-state index in [2.05, 4.69) is 26.2 Å². The van der Waals surface area contributed by atoms with Crippen LogP contribution in [0.1, 0.15) is 24.4 Å². The van der Waals surface area contributed by atoms with Gasteiger partial charge >= 0.3 is 6.09 Å². The first-order valence-electron chi connectivity index (χ1n) is 7.71. The maximum atomic E-state index is 12.3. The summed E-state index contributed by atoms with van der Waals surface area (Å²) in [5.74, 6) is 0. The Morgan fingerprint density at radius 1 is 1.41 bits per heavy atom. The van der Waals surface area contributed by atoms with E-state index in [0.29, 0.717) is 6.61 Å². The Morgan fingerprint density at radius 2 is 2.09 bits per heavy atom. The van der Waals surface area contributed by atoms with Crippen molar-refractivity contribution in [1.82, 2.24) is 4.90 Å². The highest BCUT2D eigenvalue weighted by molar-refractivity contribution is 6.69. The number of nitrogens with zero attached hydrogens (tertiary/aromatic N) is 1. The van der Waals surface area contributed by atoms with Crippen molar-refractivity contribution in [1.29, 1.82) is 0 Å². The maximum absolute atomic E-state index is 12.3. The first-order valence-corrected chi connectivity index (χ1v) is 11.1. The van der Waals surface area contributed by atoms with E-state index in [1.165, 1.54) is 0 Å². The minimum Gasteiger partial charge on any atom is -0.447 e. The molecule has 1 aliphatic heterocycles. The molecule has 120 valence electrons. The van der Waals surface area contributed by atoms with Gasteiger partial charge in [0, 0.05) is 0 Å². The summed E-state index contributed by atoms with van der Waals surface area (Å²) in [6.45, 7) is 10.5. The van der Waals surface area contributed by atoms with Crippen molar-refractivity contribution in [3.05, 3.63) is 48.6 Å². The fourth-order valence-corrected chi connectivity index (χ4v) is 3.65. The Bertz CT molecular complexity index is 512. The fraction of sp³-hybridized carbons (Fsp3) is 0.471. The lowest BCUT2D eigenvalue weighted by atomic mass is 10.1. The largest absolute Gasteiger partial charge is 0.447 e. The van der Waals surface area contributed by atoms with E-state index in [4.69, 9.17) is 9.16 Å². The molecule has 0 unspecified atom stereocenters. The summed E-state index contributed by atoms with van der Waals surface area (Å²) in [5.41, 5.74) is 1.08. The molecule has 0 radical (unpaired) electrons. The number of ether oxygens (including phenoxy) is 1. The van der Waals surface area contributed by atoms with Gasteiger partial charge in [-0.25, -0.2) is 4.79 Å². The Hall–Kier alpha value is -1.59. The van der Waals surface area contributed by atoms with Crippen LogP contribution >= 0.6 is 0 Å². The van der Waals surface area contributed by atoms with Crippen LogP contribution in [0, 0.1) is 0 Å². The lowest BCUT2D eigenvalue weighted by Gasteiger charge is -2.35. The average Bonchev–Trinajstić information content (AvgIpc) is 2.85. The first kappa shape index (κ1) is 16.8. The zero-order chi connectivity index (χ0) is 16.2. The molecular formula is C17H25NO3Si. The summed E-state index contributed by atoms with van der Waals surface area (Å²) in [5, 5.41) is 0. The maximum Gasteiger partial charge on any atom is 0.412 e. The van der Waals surface area contributed by atoms with E-state index in [9.17, 15) is 4.79 Å². The molecule has 0 bridgehead atoms. The molecule has 1 amide bonds. The molecule has 22 heavy (non-hydrogen) atoms. The lowest BCUT2D eigenvalue weighted by molar-refractivity contribution is 0.0277. The van der Waals surface area contributed by atoms with E-state index < -0.39 is 8.32 Å². The van der Waals surface area contributed by atoms with Gasteiger partial charge in [0.15, 0.2) is 8.32 Å². The van der Waals surface area contributed by atoms with Crippen molar-refractivity contribution >= 4 is 14.4 Å². The van der Waals surface area contributed by atoms with Gasteiger partial charge in [-0.05, 0) is 38.0 Å². The minimum absolute atomic E-state index is 0.0835. The number of cyclic esters (lactones) is 1. The molecule has 0 aromatic heterocycles. The fourth-order valence-electron chi connectivity index (χ4n) is 2.61. The molecule has 1 heterocycles. The molecule has 1 saturated heterocycles. The van der Waals surface area contributed by atoms with Crippen LogP contribution in [0.15, 0.2) is 43.0 Å². The standard InChI is InChI=1S/C17H25NO3Si/c1-5-6-12-16(21-22(2,3)4)18-15(13-20-17(18)19)14-10-8-7-9-11-14/h5,7-11,15-16H,1,6,12-13H2,2-4H3/t15-,16-/m0/s1. The van der Waals surface area contributed by atoms with Gasteiger partial charge in [0.1, 0.15) is 12.8 Å². The zero-order valence-electron chi connectivity index (χ0n) is 13.6. The first-order chi connectivity index (χ1) is 10.4. The van der Waals surface area contributed by atoms with Gasteiger partial charge in [-0.3, -0.25) is 4.90 Å². The van der Waals surface area contributed by atoms with Crippen molar-refractivity contribution in [2.75, 3.05) is 6.61 Å². The van der Waals surface area contributed by atoms with E-state index >= 15 is 0 Å². The third-order valence-electron chi connectivity index (χ3n) is 3.51. The molecule has 1 fully saturated rings. The molecule has 2 rings (SSSR count). The summed E-state index contributed by atoms with van der Waals surface area (Å²) in [7, 11) is -1.78. The molecule has 1 aliphatic rings. The Kier molecular flexibility index (Phi) is 5.42. The number of amides is 1. The predicted octanol–water partition coefficient (Wildman–Crippen LogP) is 4.32. The number of carbonyl (C=O) groups is 1. The molecule has 5 heteroatoms. The van der Waals surface area contributed by atoms with E-state index in [1.807, 2.05) is 36.4 Å². The van der Waals surface area contributed by atoms with Crippen molar-refractivity contribution in [3.8, 4) is 0 Å². The van der Waals surface area contributed by atoms with Crippen LogP contribution in [0.2, 0.25) is 19.6 Å². The molecular weight excluding hydrogens is 294 g/mol. The van der Waals surface area contributed by atoms with E-state index in [-0.39, 0.29) is 18.4 Å². The molecule has 1 aromatic carbocycles. The van der Waals surface area contributed by atoms with Gasteiger partial charge in [0.25, 0.3) is 0 Å². The van der Waals surface area contributed by atoms with E-state index in [1.54, 1.807) is 4.90 Å². The van der Waals surface area contributed by atoms with Crippen molar-refractivity contribution in [2.45, 2.75) is 44.8 Å². The average molecular weight is 319 g/mol. The molecule has 0 saturated carbocycles. The molecule has 2 atom stereocenters. The molecule has 0 spiro atoms. The second-order valence-corrected chi connectivity index (χ2v) is 10.9. The number of hydrogen-bond donors (Lipinski definition) is 0. The Morgan fingerprint density at radius 3 is 2.68 bits per heavy atom. The highest BCUT2D eigenvalue weighted by Gasteiger charge is 2.40. The normalized spacial score (nSPS) is 19.9. The minimum atomic E-state index is -1.78. The summed E-state index contributed by atoms with van der Waals surface area (Å²) in [6, 6.07) is 9.90. The van der Waals surface area contributed by atoms with Crippen LogP contribution in [0.3, 0.4) is 0 Å². The van der Waals surface area contributed by atoms with Gasteiger partial charge in [0.2, 0.25) is 0 Å². The number of rotatable bonds is 7. The molecule has 0 N–H and O–H groups in total. The smallest absolute Gasteiger partial charge is 0.412 e. The predicted molar refractivity (Wildman–Crippen MR) is 90.0 cm³/mol. The van der Waals surface area contributed by atoms with Crippen LogP contribution in [0.5, 0.6) is 0 Å². The van der Waals surface area contributed by atoms with Gasteiger partial charge in [0.05, 0.1) is 6.04 Å². The van der Waals surface area contributed by atoms with Crippen molar-refractivity contribution in [3.63, 3.8) is 0 Å². The summed E-state index contributed by atoms with van der Waals surface area (Å²) in [6.07, 6.45) is 2.86. The van der Waals surface area contributed by atoms with Crippen LogP contribution in [0.4, 0.5) is 4.79 Å². The topological polar surface area (TPSA) is 38.8 Å². The van der Waals surface area contributed by atoms with Crippen molar-refractivity contribution in [2.24, 2.45) is 0 Å². The summed E-state index contributed by atoms with van der Waals surface area (Å²) in [4.78, 5) is 14.0. The van der Waals surface area contributed by atoms with Gasteiger partial charge < -0.3 is 9.16 Å². The SMILES string of the molecule is C=CCC[C@H](O[Si](C)(C)C)N1C(=O)OC[C@H]1c1ccccc1. The van der Waals surface area contributed by atoms with Crippen LogP contribution in [0.25, 0.3) is 0 Å². The second kappa shape index (κ2) is 7.11. The quantitative estimate of drug-likeness (QED) is 0.555. The van der Waals surface area contributed by atoms with Gasteiger partial charge in [-0.2, -0.15) is 0 Å². The molecule has 4 nitrogen and oxygen atoms in total. The third kappa shape index (κ3) is 4.21. The number of hydrogen-bond acceptors (Lipinski definition) is 3. The zero-order valence-corrected chi connectivity index (χ0v) is 14.6. The summed E-state index contributed by atoms with van der Waals surface area (Å²) >= 11 is 0. The van der Waals surface area contributed by atoms with Crippen LogP contribution in [-0.2, 0) is 9.16 Å². The second-order valence-electron chi connectivity index (χ2n) is 6.46. The van der Waals surface area contributed by atoms with Crippen LogP contribution < -0.4 is 0 Å². The Balaban J connectivity index is 2.25. The highest BCUT2D eigenvalue weighted by Crippen LogP contribution is 2.32. The lowest BCUT2D eigenvalue weighted by Crippen LogP contribution is -2.45. The van der Waals surface area contributed by atoms with E-state index in [0.717, 1.165) is 18.4 Å². The molecule has 0 aliphatic carbocycles. The van der Waals surface area contributed by atoms with Crippen molar-refractivity contribution < 1.29 is 14.0 Å². The number of allylic oxidation sites excluding steroid dienone is 1. The number of carbonyl (C=O) groups excluding carboxylic acids is 1. The third-order valence-corrected chi connectivity index (χ3v) is 4.49. The Labute approximate surface area is 133 Å².